The highest BCUT2D eigenvalue weighted by molar-refractivity contribution is 5.74. The van der Waals surface area contributed by atoms with Crippen LogP contribution in [0.1, 0.15) is 78.6 Å². The molecule has 2 unspecified atom stereocenters. The van der Waals surface area contributed by atoms with Crippen molar-refractivity contribution in [2.45, 2.75) is 63.4 Å². The predicted molar refractivity (Wildman–Crippen MR) is 133 cm³/mol. The Bertz CT molecular complexity index is 1070. The summed E-state index contributed by atoms with van der Waals surface area (Å²) in [6, 6.07) is 13.0. The lowest BCUT2D eigenvalue weighted by Gasteiger charge is -2.57. The summed E-state index contributed by atoms with van der Waals surface area (Å²) < 4.78 is 17.3. The minimum Gasteiger partial charge on any atom is -0.441 e. The zero-order valence-corrected chi connectivity index (χ0v) is 20.5. The van der Waals surface area contributed by atoms with Crippen LogP contribution in [0.3, 0.4) is 0 Å². The Morgan fingerprint density at radius 3 is 2.29 bits per heavy atom. The molecule has 6 rings (SSSR count). The number of carbonyl (C=O) groups is 1. The van der Waals surface area contributed by atoms with Crippen LogP contribution in [0.2, 0.25) is 0 Å². The maximum atomic E-state index is 10.9. The smallest absolute Gasteiger partial charge is 0.315 e. The average molecular weight is 475 g/mol. The van der Waals surface area contributed by atoms with Crippen molar-refractivity contribution in [2.75, 3.05) is 13.7 Å². The van der Waals surface area contributed by atoms with E-state index >= 15 is 0 Å². The predicted octanol–water partition coefficient (Wildman–Crippen LogP) is 5.40. The third kappa shape index (κ3) is 5.02. The van der Waals surface area contributed by atoms with Gasteiger partial charge in [0.2, 0.25) is 0 Å². The first-order valence-corrected chi connectivity index (χ1v) is 12.7. The molecule has 4 aliphatic carbocycles. The zero-order chi connectivity index (χ0) is 24.4. The van der Waals surface area contributed by atoms with Crippen LogP contribution in [0.15, 0.2) is 42.5 Å². The lowest BCUT2D eigenvalue weighted by atomic mass is 9.48. The van der Waals surface area contributed by atoms with E-state index < -0.39 is 12.6 Å². The summed E-state index contributed by atoms with van der Waals surface area (Å²) in [6.45, 7) is 1.58. The van der Waals surface area contributed by atoms with E-state index in [4.69, 9.17) is 14.2 Å². The molecule has 2 atom stereocenters. The van der Waals surface area contributed by atoms with Gasteiger partial charge in [0.1, 0.15) is 18.1 Å². The summed E-state index contributed by atoms with van der Waals surface area (Å²) in [5.74, 6) is 9.07. The van der Waals surface area contributed by atoms with Gasteiger partial charge in [-0.3, -0.25) is 4.79 Å². The van der Waals surface area contributed by atoms with Crippen LogP contribution in [0.4, 0.5) is 0 Å². The van der Waals surface area contributed by atoms with Gasteiger partial charge < -0.3 is 19.3 Å². The van der Waals surface area contributed by atoms with Gasteiger partial charge in [0.25, 0.3) is 0 Å². The normalized spacial score (nSPS) is 28.1. The van der Waals surface area contributed by atoms with Crippen LogP contribution in [0, 0.1) is 29.6 Å². The van der Waals surface area contributed by atoms with Crippen LogP contribution in [-0.2, 0) is 14.9 Å². The molecule has 4 aliphatic rings. The van der Waals surface area contributed by atoms with Gasteiger partial charge in [0, 0.05) is 23.8 Å². The largest absolute Gasteiger partial charge is 0.441 e. The van der Waals surface area contributed by atoms with Crippen LogP contribution >= 0.6 is 0 Å². The second-order valence-corrected chi connectivity index (χ2v) is 10.5. The number of carbonyl (C=O) groups excluding carboxylic acids is 1. The van der Waals surface area contributed by atoms with Crippen molar-refractivity contribution in [3.63, 3.8) is 0 Å². The Hall–Kier alpha value is -2.65. The van der Waals surface area contributed by atoms with Gasteiger partial charge in [0.15, 0.2) is 0 Å². The van der Waals surface area contributed by atoms with Crippen molar-refractivity contribution >= 4 is 6.29 Å². The second-order valence-electron chi connectivity index (χ2n) is 10.5. The summed E-state index contributed by atoms with van der Waals surface area (Å²) in [4.78, 5) is 10.9. The van der Waals surface area contributed by atoms with E-state index in [9.17, 15) is 9.90 Å². The Labute approximate surface area is 207 Å². The number of methoxy groups -OCH3 is 1. The number of hydrogen-bond acceptors (Lipinski definition) is 5. The van der Waals surface area contributed by atoms with Crippen LogP contribution < -0.4 is 4.74 Å². The van der Waals surface area contributed by atoms with E-state index in [2.05, 4.69) is 17.9 Å². The molecule has 184 valence electrons. The summed E-state index contributed by atoms with van der Waals surface area (Å²) in [5, 5.41) is 10.9. The summed E-state index contributed by atoms with van der Waals surface area (Å²) in [7, 11) is 1.57. The zero-order valence-electron chi connectivity index (χ0n) is 20.5. The lowest BCUT2D eigenvalue weighted by molar-refractivity contribution is -0.231. The molecule has 4 saturated carbocycles. The molecule has 0 amide bonds. The molecule has 0 aromatic heterocycles. The monoisotopic (exact) mass is 474 g/mol. The summed E-state index contributed by atoms with van der Waals surface area (Å²) in [5.41, 5.74) is 3.36. The number of hydrogen-bond donors (Lipinski definition) is 1. The Morgan fingerprint density at radius 1 is 1.06 bits per heavy atom. The molecule has 1 N–H and O–H groups in total. The highest BCUT2D eigenvalue weighted by Gasteiger charge is 2.52. The number of aliphatic hydroxyl groups is 1. The first-order valence-electron chi connectivity index (χ1n) is 12.7. The maximum Gasteiger partial charge on any atom is 0.315 e. The highest BCUT2D eigenvalue weighted by Crippen LogP contribution is 2.62. The maximum absolute atomic E-state index is 10.9. The van der Waals surface area contributed by atoms with E-state index in [1.807, 2.05) is 19.1 Å². The number of aldehydes is 1. The van der Waals surface area contributed by atoms with Crippen LogP contribution in [0.25, 0.3) is 0 Å². The second kappa shape index (κ2) is 10.1. The number of rotatable bonds is 8. The molecule has 2 aromatic carbocycles. The minimum atomic E-state index is -0.971. The van der Waals surface area contributed by atoms with Crippen molar-refractivity contribution < 1.29 is 24.1 Å². The third-order valence-corrected chi connectivity index (χ3v) is 8.05. The fourth-order valence-corrected chi connectivity index (χ4v) is 6.96. The molecule has 0 saturated heterocycles. The van der Waals surface area contributed by atoms with Crippen molar-refractivity contribution in [2.24, 2.45) is 17.8 Å². The van der Waals surface area contributed by atoms with Crippen molar-refractivity contribution in [3.8, 4) is 17.6 Å². The summed E-state index contributed by atoms with van der Waals surface area (Å²) in [6.07, 6.45) is 7.57. The van der Waals surface area contributed by atoms with Crippen molar-refractivity contribution in [3.05, 3.63) is 64.7 Å². The molecular weight excluding hydrogens is 440 g/mol. The molecule has 35 heavy (non-hydrogen) atoms. The molecular formula is C30H34O5. The minimum absolute atomic E-state index is 0.129. The highest BCUT2D eigenvalue weighted by atomic mass is 16.8. The number of aliphatic hydroxyl groups excluding tert-OH is 1. The van der Waals surface area contributed by atoms with Gasteiger partial charge in [-0.05, 0) is 92.4 Å². The molecule has 2 aromatic rings. The van der Waals surface area contributed by atoms with E-state index in [1.165, 1.54) is 44.1 Å². The molecule has 0 aliphatic heterocycles. The van der Waals surface area contributed by atoms with E-state index in [0.29, 0.717) is 17.7 Å². The first kappa shape index (κ1) is 24.1. The quantitative estimate of drug-likeness (QED) is 0.315. The topological polar surface area (TPSA) is 65.0 Å². The van der Waals surface area contributed by atoms with Gasteiger partial charge in [-0.25, -0.2) is 0 Å². The van der Waals surface area contributed by atoms with E-state index in [-0.39, 0.29) is 5.41 Å². The number of benzene rings is 2. The fourth-order valence-electron chi connectivity index (χ4n) is 6.96. The molecule has 4 bridgehead atoms. The first-order chi connectivity index (χ1) is 17.0. The molecule has 4 fully saturated rings. The number of ether oxygens (including phenoxy) is 3. The standard InChI is InChI=1S/C30H34O5/c1-3-34-29(33-2)35-28-15-25(27(32)11-8-20-4-6-21(19-31)7-5-20)9-10-26(28)30-16-22-12-23(17-30)14-24(13-22)18-30/h4-7,9-10,15,19,22-24,27,29,32H,3,12-14,16-18H2,1-2H3. The fraction of sp³-hybridized carbons (Fsp3) is 0.500. The Balaban J connectivity index is 1.45. The van der Waals surface area contributed by atoms with Gasteiger partial charge in [-0.2, -0.15) is 0 Å². The molecule has 0 radical (unpaired) electrons. The van der Waals surface area contributed by atoms with Crippen LogP contribution in [0.5, 0.6) is 5.75 Å². The Kier molecular flexibility index (Phi) is 6.98. The average Bonchev–Trinajstić information content (AvgIpc) is 2.86. The van der Waals surface area contributed by atoms with Gasteiger partial charge >= 0.3 is 6.48 Å². The molecule has 0 heterocycles. The summed E-state index contributed by atoms with van der Waals surface area (Å²) >= 11 is 0. The third-order valence-electron chi connectivity index (χ3n) is 8.05. The molecule has 5 heteroatoms. The van der Waals surface area contributed by atoms with Gasteiger partial charge in [0.05, 0.1) is 6.61 Å². The van der Waals surface area contributed by atoms with Gasteiger partial charge in [-0.15, -0.1) is 0 Å². The Morgan fingerprint density at radius 2 is 1.71 bits per heavy atom. The van der Waals surface area contributed by atoms with Crippen LogP contribution in [-0.4, -0.2) is 31.6 Å². The molecule has 5 nitrogen and oxygen atoms in total. The van der Waals surface area contributed by atoms with Gasteiger partial charge in [-0.1, -0.05) is 36.1 Å². The van der Waals surface area contributed by atoms with E-state index in [0.717, 1.165) is 35.4 Å². The SMILES string of the molecule is CCOC(OC)Oc1cc(C(O)C#Cc2ccc(C=O)cc2)ccc1C12CC3CC(CC(C3)C1)C2. The lowest BCUT2D eigenvalue weighted by Crippen LogP contribution is -2.48. The van der Waals surface area contributed by atoms with E-state index in [1.54, 1.807) is 31.4 Å². The molecule has 0 spiro atoms. The van der Waals surface area contributed by atoms with Crippen molar-refractivity contribution in [1.82, 2.24) is 0 Å². The van der Waals surface area contributed by atoms with Crippen molar-refractivity contribution in [1.29, 1.82) is 0 Å².